The summed E-state index contributed by atoms with van der Waals surface area (Å²) in [6, 6.07) is 10.2. The van der Waals surface area contributed by atoms with Crippen LogP contribution in [0.1, 0.15) is 5.56 Å². The van der Waals surface area contributed by atoms with E-state index >= 15 is 0 Å². The van der Waals surface area contributed by atoms with Gasteiger partial charge in [-0.25, -0.2) is 4.68 Å². The van der Waals surface area contributed by atoms with Gasteiger partial charge in [0.15, 0.2) is 5.82 Å². The monoisotopic (exact) mass is 457 g/mol. The van der Waals surface area contributed by atoms with Crippen LogP contribution in [0.3, 0.4) is 0 Å². The minimum absolute atomic E-state index is 0.0244. The first-order chi connectivity index (χ1) is 14.2. The van der Waals surface area contributed by atoms with Crippen molar-refractivity contribution in [1.29, 1.82) is 0 Å². The Bertz CT molecular complexity index is 1070. The van der Waals surface area contributed by atoms with Crippen LogP contribution in [-0.2, 0) is 11.0 Å². The highest BCUT2D eigenvalue weighted by atomic mass is 35.5. The Morgan fingerprint density at radius 3 is 2.73 bits per heavy atom. The molecule has 158 valence electrons. The number of alkyl halides is 3. The summed E-state index contributed by atoms with van der Waals surface area (Å²) in [6.07, 6.45) is -4.63. The van der Waals surface area contributed by atoms with Crippen molar-refractivity contribution in [3.05, 3.63) is 53.1 Å². The Morgan fingerprint density at radius 1 is 1.27 bits per heavy atom. The minimum atomic E-state index is -4.63. The third kappa shape index (κ3) is 4.97. The zero-order chi connectivity index (χ0) is 21.9. The van der Waals surface area contributed by atoms with Crippen molar-refractivity contribution in [2.24, 2.45) is 0 Å². The van der Waals surface area contributed by atoms with E-state index in [9.17, 15) is 18.0 Å². The fourth-order valence-corrected chi connectivity index (χ4v) is 3.36. The van der Waals surface area contributed by atoms with E-state index in [-0.39, 0.29) is 16.6 Å². The van der Waals surface area contributed by atoms with Gasteiger partial charge in [0.1, 0.15) is 5.75 Å². The van der Waals surface area contributed by atoms with Crippen LogP contribution in [-0.4, -0.2) is 33.6 Å². The maximum Gasteiger partial charge on any atom is 0.417 e. The van der Waals surface area contributed by atoms with Crippen LogP contribution >= 0.6 is 23.4 Å². The van der Waals surface area contributed by atoms with E-state index in [1.165, 1.54) is 17.9 Å². The summed E-state index contributed by atoms with van der Waals surface area (Å²) in [7, 11) is 1.53. The summed E-state index contributed by atoms with van der Waals surface area (Å²) < 4.78 is 45.2. The second-order valence-corrected chi connectivity index (χ2v) is 7.29. The summed E-state index contributed by atoms with van der Waals surface area (Å²) in [5.74, 6) is 6.31. The Labute approximate surface area is 178 Å². The van der Waals surface area contributed by atoms with Gasteiger partial charge in [0.2, 0.25) is 11.1 Å². The molecule has 2 aromatic carbocycles. The molecular weight excluding hydrogens is 443 g/mol. The molecule has 0 aliphatic carbocycles. The number of anilines is 1. The molecule has 30 heavy (non-hydrogen) atoms. The van der Waals surface area contributed by atoms with Crippen LogP contribution in [0.15, 0.2) is 47.6 Å². The van der Waals surface area contributed by atoms with E-state index in [4.69, 9.17) is 22.2 Å². The molecule has 7 nitrogen and oxygen atoms in total. The summed E-state index contributed by atoms with van der Waals surface area (Å²) in [4.78, 5) is 12.1. The molecule has 0 spiro atoms. The zero-order valence-corrected chi connectivity index (χ0v) is 17.0. The molecule has 1 amide bonds. The molecule has 0 bridgehead atoms. The molecule has 0 fully saturated rings. The molecule has 3 N–H and O–H groups in total. The van der Waals surface area contributed by atoms with Gasteiger partial charge < -0.3 is 15.9 Å². The molecule has 0 aliphatic rings. The van der Waals surface area contributed by atoms with Crippen molar-refractivity contribution < 1.29 is 22.7 Å². The molecule has 0 saturated carbocycles. The predicted octanol–water partition coefficient (Wildman–Crippen LogP) is 4.07. The number of amides is 1. The number of rotatable bonds is 6. The van der Waals surface area contributed by atoms with Gasteiger partial charge in [-0.15, -0.1) is 10.2 Å². The number of nitrogen functional groups attached to an aromatic ring is 1. The Kier molecular flexibility index (Phi) is 6.42. The maximum absolute atomic E-state index is 12.9. The van der Waals surface area contributed by atoms with Crippen molar-refractivity contribution in [1.82, 2.24) is 14.9 Å². The fourth-order valence-electron chi connectivity index (χ4n) is 2.48. The Balaban J connectivity index is 1.67. The predicted molar refractivity (Wildman–Crippen MR) is 108 cm³/mol. The molecule has 0 aliphatic heterocycles. The topological polar surface area (TPSA) is 95.1 Å². The Morgan fingerprint density at radius 2 is 2.03 bits per heavy atom. The van der Waals surface area contributed by atoms with Gasteiger partial charge in [-0.3, -0.25) is 4.79 Å². The molecule has 1 aromatic heterocycles. The number of benzene rings is 2. The summed E-state index contributed by atoms with van der Waals surface area (Å²) in [5.41, 5.74) is -0.385. The second-order valence-electron chi connectivity index (χ2n) is 5.94. The molecule has 3 rings (SSSR count). The second kappa shape index (κ2) is 8.84. The van der Waals surface area contributed by atoms with Crippen LogP contribution in [0.25, 0.3) is 11.4 Å². The van der Waals surface area contributed by atoms with Crippen LogP contribution < -0.4 is 15.9 Å². The van der Waals surface area contributed by atoms with Crippen molar-refractivity contribution in [3.63, 3.8) is 0 Å². The zero-order valence-electron chi connectivity index (χ0n) is 15.4. The van der Waals surface area contributed by atoms with Gasteiger partial charge >= 0.3 is 6.18 Å². The molecular formula is C18H15ClF3N5O2S. The van der Waals surface area contributed by atoms with Crippen LogP contribution in [0, 0.1) is 0 Å². The molecule has 12 heteroatoms. The van der Waals surface area contributed by atoms with Gasteiger partial charge in [-0.1, -0.05) is 35.5 Å². The quantitative estimate of drug-likeness (QED) is 0.428. The SMILES string of the molecule is COc1cccc(-c2nnc(SCC(=O)Nc3ccc(Cl)c(C(F)(F)F)c3)n2N)c1. The minimum Gasteiger partial charge on any atom is -0.497 e. The smallest absolute Gasteiger partial charge is 0.417 e. The number of nitrogens with one attached hydrogen (secondary N) is 1. The number of nitrogens with zero attached hydrogens (tertiary/aromatic N) is 3. The number of hydrogen-bond acceptors (Lipinski definition) is 6. The van der Waals surface area contributed by atoms with Crippen molar-refractivity contribution in [2.45, 2.75) is 11.3 Å². The number of halogens is 4. The van der Waals surface area contributed by atoms with Crippen LogP contribution in [0.2, 0.25) is 5.02 Å². The average molecular weight is 458 g/mol. The maximum atomic E-state index is 12.9. The van der Waals surface area contributed by atoms with E-state index in [1.54, 1.807) is 24.3 Å². The van der Waals surface area contributed by atoms with Crippen molar-refractivity contribution in [2.75, 3.05) is 24.0 Å². The number of nitrogens with two attached hydrogens (primary N) is 1. The lowest BCUT2D eigenvalue weighted by Gasteiger charge is -2.11. The van der Waals surface area contributed by atoms with Gasteiger partial charge in [-0.2, -0.15) is 13.2 Å². The normalized spacial score (nSPS) is 11.4. The third-order valence-corrected chi connectivity index (χ3v) is 5.15. The van der Waals surface area contributed by atoms with Crippen LogP contribution in [0.5, 0.6) is 5.75 Å². The van der Waals surface area contributed by atoms with E-state index < -0.39 is 22.7 Å². The first-order valence-electron chi connectivity index (χ1n) is 8.33. The number of methoxy groups -OCH3 is 1. The molecule has 0 saturated heterocycles. The highest BCUT2D eigenvalue weighted by Crippen LogP contribution is 2.36. The van der Waals surface area contributed by atoms with E-state index in [0.717, 1.165) is 23.9 Å². The first kappa shape index (κ1) is 21.8. The van der Waals surface area contributed by atoms with Crippen molar-refractivity contribution in [3.8, 4) is 17.1 Å². The average Bonchev–Trinajstić information content (AvgIpc) is 3.07. The lowest BCUT2D eigenvalue weighted by molar-refractivity contribution is -0.137. The number of carbonyl (C=O) groups is 1. The number of hydrogen-bond donors (Lipinski definition) is 2. The molecule has 1 heterocycles. The van der Waals surface area contributed by atoms with E-state index in [2.05, 4.69) is 15.5 Å². The van der Waals surface area contributed by atoms with Gasteiger partial charge in [-0.05, 0) is 30.3 Å². The first-order valence-corrected chi connectivity index (χ1v) is 9.69. The van der Waals surface area contributed by atoms with Crippen molar-refractivity contribution >= 4 is 35.0 Å². The molecule has 3 aromatic rings. The van der Waals surface area contributed by atoms with Gasteiger partial charge in [0.25, 0.3) is 0 Å². The van der Waals surface area contributed by atoms with E-state index in [0.29, 0.717) is 17.1 Å². The standard InChI is InChI=1S/C18H15ClF3N5O2S/c1-29-12-4-2-3-10(7-12)16-25-26-17(27(16)23)30-9-15(28)24-11-5-6-14(19)13(8-11)18(20,21)22/h2-8H,9,23H2,1H3,(H,24,28). The largest absolute Gasteiger partial charge is 0.497 e. The lowest BCUT2D eigenvalue weighted by atomic mass is 10.2. The molecule has 0 atom stereocenters. The lowest BCUT2D eigenvalue weighted by Crippen LogP contribution is -2.17. The highest BCUT2D eigenvalue weighted by molar-refractivity contribution is 7.99. The summed E-state index contributed by atoms with van der Waals surface area (Å²) in [5, 5.41) is 10.2. The van der Waals surface area contributed by atoms with Gasteiger partial charge in [0, 0.05) is 11.3 Å². The molecule has 0 radical (unpaired) electrons. The summed E-state index contributed by atoms with van der Waals surface area (Å²) in [6.45, 7) is 0. The number of thioether (sulfide) groups is 1. The molecule has 0 unspecified atom stereocenters. The summed E-state index contributed by atoms with van der Waals surface area (Å²) >= 11 is 6.56. The fraction of sp³-hybridized carbons (Fsp3) is 0.167. The number of aromatic nitrogens is 3. The van der Waals surface area contributed by atoms with E-state index in [1.807, 2.05) is 0 Å². The third-order valence-electron chi connectivity index (χ3n) is 3.88. The number of carbonyl (C=O) groups excluding carboxylic acids is 1. The Hall–Kier alpha value is -2.92. The number of ether oxygens (including phenoxy) is 1. The highest BCUT2D eigenvalue weighted by Gasteiger charge is 2.33. The van der Waals surface area contributed by atoms with Gasteiger partial charge in [0.05, 0.1) is 23.4 Å². The van der Waals surface area contributed by atoms with Crippen LogP contribution in [0.4, 0.5) is 18.9 Å².